The second-order valence-electron chi connectivity index (χ2n) is 8.05. The van der Waals surface area contributed by atoms with E-state index in [0.717, 1.165) is 5.56 Å². The lowest BCUT2D eigenvalue weighted by atomic mass is 10.0. The van der Waals surface area contributed by atoms with Crippen molar-refractivity contribution in [2.24, 2.45) is 5.92 Å². The van der Waals surface area contributed by atoms with Crippen molar-refractivity contribution in [1.82, 2.24) is 20.1 Å². The first kappa shape index (κ1) is 25.5. The Balaban J connectivity index is 1.75. The zero-order valence-electron chi connectivity index (χ0n) is 19.4. The van der Waals surface area contributed by atoms with Gasteiger partial charge in [-0.15, -0.1) is 16.8 Å². The molecule has 34 heavy (non-hydrogen) atoms. The Bertz CT molecular complexity index is 1160. The summed E-state index contributed by atoms with van der Waals surface area (Å²) >= 11 is 7.41. The topological polar surface area (TPSA) is 88.9 Å². The number of halogens is 1. The molecule has 2 N–H and O–H groups in total. The molecule has 0 aliphatic rings. The van der Waals surface area contributed by atoms with E-state index in [2.05, 4.69) is 27.4 Å². The third kappa shape index (κ3) is 6.27. The largest absolute Gasteiger partial charge is 0.342 e. The molecule has 3 rings (SSSR count). The van der Waals surface area contributed by atoms with Gasteiger partial charge in [0.05, 0.1) is 11.8 Å². The number of anilines is 1. The van der Waals surface area contributed by atoms with Crippen LogP contribution in [-0.4, -0.2) is 32.3 Å². The Hall–Kier alpha value is -3.10. The summed E-state index contributed by atoms with van der Waals surface area (Å²) in [7, 11) is 0. The summed E-state index contributed by atoms with van der Waals surface area (Å²) in [6.45, 7) is 10.2. The molecule has 1 aromatic heterocycles. The number of amides is 2. The molecule has 0 saturated heterocycles. The number of carbonyl (C=O) groups is 2. The van der Waals surface area contributed by atoms with Gasteiger partial charge in [-0.25, -0.2) is 0 Å². The highest BCUT2D eigenvalue weighted by atomic mass is 35.5. The number of hydrogen-bond acceptors (Lipinski definition) is 5. The standard InChI is InChI=1S/C25H28ClN5O2S/c1-5-14-31-23(22(16(2)3)28-24(33)18-10-7-6-8-11-18)29-30-25(31)34-15-21(32)27-20-13-9-12-19(26)17(20)4/h5-13,16,22H,1,14-15H2,2-4H3,(H,27,32)(H,28,33)/t22-/m1/s1. The van der Waals surface area contributed by atoms with Gasteiger partial charge in [0.2, 0.25) is 5.91 Å². The maximum Gasteiger partial charge on any atom is 0.251 e. The molecule has 0 saturated carbocycles. The van der Waals surface area contributed by atoms with Crippen LogP contribution in [-0.2, 0) is 11.3 Å². The van der Waals surface area contributed by atoms with Crippen LogP contribution in [0, 0.1) is 12.8 Å². The Morgan fingerprint density at radius 3 is 2.56 bits per heavy atom. The van der Waals surface area contributed by atoms with Gasteiger partial charge < -0.3 is 15.2 Å². The van der Waals surface area contributed by atoms with E-state index >= 15 is 0 Å². The quantitative estimate of drug-likeness (QED) is 0.293. The average molecular weight is 498 g/mol. The van der Waals surface area contributed by atoms with Crippen molar-refractivity contribution in [1.29, 1.82) is 0 Å². The molecule has 7 nitrogen and oxygen atoms in total. The van der Waals surface area contributed by atoms with Crippen molar-refractivity contribution in [3.05, 3.63) is 83.2 Å². The smallest absolute Gasteiger partial charge is 0.251 e. The number of thioether (sulfide) groups is 1. The number of hydrogen-bond donors (Lipinski definition) is 2. The van der Waals surface area contributed by atoms with E-state index in [1.165, 1.54) is 11.8 Å². The molecule has 0 aliphatic carbocycles. The molecule has 0 aliphatic heterocycles. The molecule has 2 aromatic carbocycles. The molecule has 9 heteroatoms. The lowest BCUT2D eigenvalue weighted by molar-refractivity contribution is -0.113. The summed E-state index contributed by atoms with van der Waals surface area (Å²) in [5, 5.41) is 15.8. The minimum Gasteiger partial charge on any atom is -0.342 e. The molecule has 2 amide bonds. The van der Waals surface area contributed by atoms with Crippen molar-refractivity contribution in [3.63, 3.8) is 0 Å². The van der Waals surface area contributed by atoms with Crippen LogP contribution in [0.1, 0.15) is 41.6 Å². The fourth-order valence-electron chi connectivity index (χ4n) is 3.34. The van der Waals surface area contributed by atoms with Crippen molar-refractivity contribution >= 4 is 40.9 Å². The maximum atomic E-state index is 12.8. The van der Waals surface area contributed by atoms with Gasteiger partial charge in [0.1, 0.15) is 0 Å². The molecular formula is C25H28ClN5O2S. The summed E-state index contributed by atoms with van der Waals surface area (Å²) in [4.78, 5) is 25.4. The van der Waals surface area contributed by atoms with Crippen LogP contribution in [0.4, 0.5) is 5.69 Å². The predicted molar refractivity (Wildman–Crippen MR) is 137 cm³/mol. The number of allylic oxidation sites excluding steroid dienone is 1. The molecule has 1 atom stereocenters. The molecule has 0 spiro atoms. The first-order chi connectivity index (χ1) is 16.3. The van der Waals surface area contributed by atoms with E-state index in [4.69, 9.17) is 11.6 Å². The Morgan fingerprint density at radius 2 is 1.88 bits per heavy atom. The molecular weight excluding hydrogens is 470 g/mol. The highest BCUT2D eigenvalue weighted by Crippen LogP contribution is 2.27. The predicted octanol–water partition coefficient (Wildman–Crippen LogP) is 5.28. The van der Waals surface area contributed by atoms with E-state index in [1.54, 1.807) is 30.3 Å². The number of nitrogens with zero attached hydrogens (tertiary/aromatic N) is 3. The molecule has 0 unspecified atom stereocenters. The van der Waals surface area contributed by atoms with E-state index in [1.807, 2.05) is 49.6 Å². The average Bonchev–Trinajstić information content (AvgIpc) is 3.21. The van der Waals surface area contributed by atoms with Crippen molar-refractivity contribution in [2.45, 2.75) is 38.5 Å². The van der Waals surface area contributed by atoms with E-state index in [0.29, 0.717) is 33.8 Å². The number of nitrogens with one attached hydrogen (secondary N) is 2. The van der Waals surface area contributed by atoms with Gasteiger partial charge in [0.15, 0.2) is 11.0 Å². The summed E-state index contributed by atoms with van der Waals surface area (Å²) in [5.41, 5.74) is 2.06. The summed E-state index contributed by atoms with van der Waals surface area (Å²) in [5.74, 6) is 0.463. The van der Waals surface area contributed by atoms with Gasteiger partial charge in [0.25, 0.3) is 5.91 Å². The van der Waals surface area contributed by atoms with Crippen LogP contribution in [0.15, 0.2) is 66.3 Å². The molecule has 178 valence electrons. The number of aromatic nitrogens is 3. The van der Waals surface area contributed by atoms with E-state index < -0.39 is 0 Å². The summed E-state index contributed by atoms with van der Waals surface area (Å²) in [6, 6.07) is 14.1. The van der Waals surface area contributed by atoms with Crippen LogP contribution in [0.25, 0.3) is 0 Å². The van der Waals surface area contributed by atoms with Crippen LogP contribution in [0.2, 0.25) is 5.02 Å². The maximum absolute atomic E-state index is 12.8. The SMILES string of the molecule is C=CCn1c(SCC(=O)Nc2cccc(Cl)c2C)nnc1[C@H](NC(=O)c1ccccc1)C(C)C. The fourth-order valence-corrected chi connectivity index (χ4v) is 4.27. The number of benzene rings is 2. The highest BCUT2D eigenvalue weighted by molar-refractivity contribution is 7.99. The van der Waals surface area contributed by atoms with Gasteiger partial charge in [-0.3, -0.25) is 9.59 Å². The third-order valence-corrected chi connectivity index (χ3v) is 6.57. The van der Waals surface area contributed by atoms with Crippen LogP contribution in [0.5, 0.6) is 0 Å². The number of carbonyl (C=O) groups excluding carboxylic acids is 2. The fraction of sp³-hybridized carbons (Fsp3) is 0.280. The summed E-state index contributed by atoms with van der Waals surface area (Å²) < 4.78 is 1.88. The lowest BCUT2D eigenvalue weighted by Gasteiger charge is -2.22. The molecule has 0 radical (unpaired) electrons. The Labute approximate surface area is 209 Å². The molecule has 1 heterocycles. The van der Waals surface area contributed by atoms with Gasteiger partial charge >= 0.3 is 0 Å². The van der Waals surface area contributed by atoms with Crippen molar-refractivity contribution < 1.29 is 9.59 Å². The zero-order valence-corrected chi connectivity index (χ0v) is 21.0. The molecule has 3 aromatic rings. The summed E-state index contributed by atoms with van der Waals surface area (Å²) in [6.07, 6.45) is 1.74. The van der Waals surface area contributed by atoms with E-state index in [-0.39, 0.29) is 29.5 Å². The first-order valence-corrected chi connectivity index (χ1v) is 12.3. The Kier molecular flexibility index (Phi) is 8.90. The molecule has 0 bridgehead atoms. The minimum absolute atomic E-state index is 0.0624. The van der Waals surface area contributed by atoms with Crippen molar-refractivity contribution in [3.8, 4) is 0 Å². The first-order valence-electron chi connectivity index (χ1n) is 10.9. The van der Waals surface area contributed by atoms with Gasteiger partial charge in [0, 0.05) is 22.8 Å². The lowest BCUT2D eigenvalue weighted by Crippen LogP contribution is -2.33. The van der Waals surface area contributed by atoms with Crippen LogP contribution < -0.4 is 10.6 Å². The van der Waals surface area contributed by atoms with Crippen molar-refractivity contribution in [2.75, 3.05) is 11.1 Å². The van der Waals surface area contributed by atoms with Gasteiger partial charge in [-0.1, -0.05) is 67.6 Å². The van der Waals surface area contributed by atoms with Gasteiger partial charge in [-0.05, 0) is 42.7 Å². The van der Waals surface area contributed by atoms with Gasteiger partial charge in [-0.2, -0.15) is 0 Å². The highest BCUT2D eigenvalue weighted by Gasteiger charge is 2.26. The zero-order chi connectivity index (χ0) is 24.7. The second kappa shape index (κ2) is 11.9. The second-order valence-corrected chi connectivity index (χ2v) is 9.40. The Morgan fingerprint density at radius 1 is 1.15 bits per heavy atom. The third-order valence-electron chi connectivity index (χ3n) is 5.20. The van der Waals surface area contributed by atoms with Crippen LogP contribution in [0.3, 0.4) is 0 Å². The normalized spacial score (nSPS) is 11.8. The minimum atomic E-state index is -0.363. The number of rotatable bonds is 10. The molecule has 0 fully saturated rings. The van der Waals surface area contributed by atoms with E-state index in [9.17, 15) is 9.59 Å². The van der Waals surface area contributed by atoms with Crippen LogP contribution >= 0.6 is 23.4 Å². The monoisotopic (exact) mass is 497 g/mol.